The standard InChI is InChI=1S/C12H14N2O/c1-8-5-11(15-2)6-9-3-4-10(7-13)14-12(8)9/h3-6H,7,13H2,1-2H3. The minimum atomic E-state index is 0.474. The number of nitrogens with zero attached hydrogens (tertiary/aromatic N) is 1. The summed E-state index contributed by atoms with van der Waals surface area (Å²) in [5.41, 5.74) is 8.58. The summed E-state index contributed by atoms with van der Waals surface area (Å²) in [6.45, 7) is 2.50. The molecule has 0 saturated heterocycles. The fourth-order valence-corrected chi connectivity index (χ4v) is 1.65. The van der Waals surface area contributed by atoms with E-state index in [1.807, 2.05) is 31.2 Å². The van der Waals surface area contributed by atoms with Gasteiger partial charge in [-0.05, 0) is 30.7 Å². The molecule has 0 amide bonds. The molecule has 1 heterocycles. The average molecular weight is 202 g/mol. The summed E-state index contributed by atoms with van der Waals surface area (Å²) in [6, 6.07) is 7.94. The van der Waals surface area contributed by atoms with Crippen molar-refractivity contribution in [3.05, 3.63) is 35.5 Å². The predicted octanol–water partition coefficient (Wildman–Crippen LogP) is 2.01. The molecule has 0 atom stereocenters. The normalized spacial score (nSPS) is 10.6. The first-order chi connectivity index (χ1) is 7.24. The Morgan fingerprint density at radius 1 is 1.33 bits per heavy atom. The molecule has 0 aliphatic heterocycles. The Morgan fingerprint density at radius 2 is 2.13 bits per heavy atom. The van der Waals surface area contributed by atoms with Crippen LogP contribution < -0.4 is 10.5 Å². The highest BCUT2D eigenvalue weighted by atomic mass is 16.5. The molecule has 1 aromatic carbocycles. The SMILES string of the molecule is COc1cc(C)c2nc(CN)ccc2c1. The third-order valence-electron chi connectivity index (χ3n) is 2.46. The second kappa shape index (κ2) is 3.87. The van der Waals surface area contributed by atoms with Crippen LogP contribution in [-0.2, 0) is 6.54 Å². The number of hydrogen-bond donors (Lipinski definition) is 1. The molecule has 3 heteroatoms. The van der Waals surface area contributed by atoms with E-state index in [-0.39, 0.29) is 0 Å². The Labute approximate surface area is 88.9 Å². The number of methoxy groups -OCH3 is 1. The topological polar surface area (TPSA) is 48.1 Å². The number of benzene rings is 1. The smallest absolute Gasteiger partial charge is 0.119 e. The van der Waals surface area contributed by atoms with Crippen LogP contribution in [0.5, 0.6) is 5.75 Å². The molecule has 3 nitrogen and oxygen atoms in total. The lowest BCUT2D eigenvalue weighted by Crippen LogP contribution is -2.00. The van der Waals surface area contributed by atoms with Crippen molar-refractivity contribution < 1.29 is 4.74 Å². The van der Waals surface area contributed by atoms with Crippen LogP contribution in [0.4, 0.5) is 0 Å². The number of hydrogen-bond acceptors (Lipinski definition) is 3. The fourth-order valence-electron chi connectivity index (χ4n) is 1.65. The van der Waals surface area contributed by atoms with Crippen molar-refractivity contribution in [3.8, 4) is 5.75 Å². The first kappa shape index (κ1) is 9.93. The lowest BCUT2D eigenvalue weighted by atomic mass is 10.1. The Hall–Kier alpha value is -1.61. The van der Waals surface area contributed by atoms with E-state index < -0.39 is 0 Å². The lowest BCUT2D eigenvalue weighted by molar-refractivity contribution is 0.415. The summed E-state index contributed by atoms with van der Waals surface area (Å²) in [5.74, 6) is 0.863. The van der Waals surface area contributed by atoms with Crippen molar-refractivity contribution >= 4 is 10.9 Å². The Kier molecular flexibility index (Phi) is 2.56. The quantitative estimate of drug-likeness (QED) is 0.810. The van der Waals surface area contributed by atoms with Gasteiger partial charge in [-0.15, -0.1) is 0 Å². The van der Waals surface area contributed by atoms with Crippen molar-refractivity contribution in [2.45, 2.75) is 13.5 Å². The van der Waals surface area contributed by atoms with Gasteiger partial charge >= 0.3 is 0 Å². The zero-order valence-corrected chi connectivity index (χ0v) is 8.95. The number of ether oxygens (including phenoxy) is 1. The molecular weight excluding hydrogens is 188 g/mol. The van der Waals surface area contributed by atoms with Gasteiger partial charge in [-0.3, -0.25) is 4.98 Å². The molecule has 2 aromatic rings. The molecule has 0 saturated carbocycles. The Morgan fingerprint density at radius 3 is 2.80 bits per heavy atom. The van der Waals surface area contributed by atoms with Gasteiger partial charge in [-0.2, -0.15) is 0 Å². The molecule has 0 aliphatic carbocycles. The summed E-state index contributed by atoms with van der Waals surface area (Å²) in [7, 11) is 1.67. The number of aryl methyl sites for hydroxylation is 1. The number of aromatic nitrogens is 1. The first-order valence-corrected chi connectivity index (χ1v) is 4.89. The number of pyridine rings is 1. The molecule has 0 bridgehead atoms. The van der Waals surface area contributed by atoms with Gasteiger partial charge in [0.1, 0.15) is 5.75 Å². The maximum Gasteiger partial charge on any atom is 0.119 e. The summed E-state index contributed by atoms with van der Waals surface area (Å²) < 4.78 is 5.21. The summed E-state index contributed by atoms with van der Waals surface area (Å²) in [6.07, 6.45) is 0. The molecule has 0 spiro atoms. The maximum absolute atomic E-state index is 5.56. The van der Waals surface area contributed by atoms with Crippen LogP contribution in [0.1, 0.15) is 11.3 Å². The van der Waals surface area contributed by atoms with Crippen molar-refractivity contribution in [2.75, 3.05) is 7.11 Å². The van der Waals surface area contributed by atoms with Crippen molar-refractivity contribution in [1.82, 2.24) is 4.98 Å². The van der Waals surface area contributed by atoms with Crippen LogP contribution in [0, 0.1) is 6.92 Å². The molecule has 0 fully saturated rings. The predicted molar refractivity (Wildman–Crippen MR) is 60.9 cm³/mol. The van der Waals surface area contributed by atoms with Gasteiger partial charge in [-0.1, -0.05) is 6.07 Å². The van der Waals surface area contributed by atoms with E-state index in [1.54, 1.807) is 7.11 Å². The number of fused-ring (bicyclic) bond motifs is 1. The van der Waals surface area contributed by atoms with Crippen LogP contribution >= 0.6 is 0 Å². The summed E-state index contributed by atoms with van der Waals surface area (Å²) >= 11 is 0. The van der Waals surface area contributed by atoms with Gasteiger partial charge < -0.3 is 10.5 Å². The minimum absolute atomic E-state index is 0.474. The summed E-state index contributed by atoms with van der Waals surface area (Å²) in [5, 5.41) is 1.09. The van der Waals surface area contributed by atoms with E-state index in [2.05, 4.69) is 4.98 Å². The molecule has 0 unspecified atom stereocenters. The van der Waals surface area contributed by atoms with Crippen molar-refractivity contribution in [1.29, 1.82) is 0 Å². The van der Waals surface area contributed by atoms with Crippen LogP contribution in [0.2, 0.25) is 0 Å². The Balaban J connectivity index is 2.68. The van der Waals surface area contributed by atoms with Crippen LogP contribution in [0.3, 0.4) is 0 Å². The van der Waals surface area contributed by atoms with Gasteiger partial charge in [0.2, 0.25) is 0 Å². The van der Waals surface area contributed by atoms with E-state index in [0.717, 1.165) is 27.9 Å². The highest BCUT2D eigenvalue weighted by molar-refractivity contribution is 5.83. The maximum atomic E-state index is 5.56. The molecular formula is C12H14N2O. The Bertz CT molecular complexity index is 494. The fraction of sp³-hybridized carbons (Fsp3) is 0.250. The average Bonchev–Trinajstić information content (AvgIpc) is 2.28. The lowest BCUT2D eigenvalue weighted by Gasteiger charge is -2.06. The van der Waals surface area contributed by atoms with Crippen LogP contribution in [0.15, 0.2) is 24.3 Å². The summed E-state index contributed by atoms with van der Waals surface area (Å²) in [4.78, 5) is 4.49. The van der Waals surface area contributed by atoms with Crippen LogP contribution in [0.25, 0.3) is 10.9 Å². The van der Waals surface area contributed by atoms with Crippen molar-refractivity contribution in [3.63, 3.8) is 0 Å². The van der Waals surface area contributed by atoms with Gasteiger partial charge in [0, 0.05) is 11.9 Å². The monoisotopic (exact) mass is 202 g/mol. The highest BCUT2D eigenvalue weighted by Gasteiger charge is 2.03. The number of nitrogens with two attached hydrogens (primary N) is 1. The van der Waals surface area contributed by atoms with Crippen LogP contribution in [-0.4, -0.2) is 12.1 Å². The molecule has 78 valence electrons. The van der Waals surface area contributed by atoms with Gasteiger partial charge in [0.25, 0.3) is 0 Å². The zero-order valence-electron chi connectivity index (χ0n) is 8.95. The van der Waals surface area contributed by atoms with E-state index >= 15 is 0 Å². The van der Waals surface area contributed by atoms with E-state index in [4.69, 9.17) is 10.5 Å². The third-order valence-corrected chi connectivity index (χ3v) is 2.46. The van der Waals surface area contributed by atoms with Gasteiger partial charge in [0.05, 0.1) is 18.3 Å². The first-order valence-electron chi connectivity index (χ1n) is 4.89. The third kappa shape index (κ3) is 1.78. The molecule has 15 heavy (non-hydrogen) atoms. The zero-order chi connectivity index (χ0) is 10.8. The van der Waals surface area contributed by atoms with Crippen molar-refractivity contribution in [2.24, 2.45) is 5.73 Å². The van der Waals surface area contributed by atoms with Gasteiger partial charge in [0.15, 0.2) is 0 Å². The second-order valence-electron chi connectivity index (χ2n) is 3.52. The number of rotatable bonds is 2. The van der Waals surface area contributed by atoms with E-state index in [1.165, 1.54) is 0 Å². The highest BCUT2D eigenvalue weighted by Crippen LogP contribution is 2.23. The molecule has 0 radical (unpaired) electrons. The van der Waals surface area contributed by atoms with E-state index in [0.29, 0.717) is 6.54 Å². The molecule has 2 rings (SSSR count). The second-order valence-corrected chi connectivity index (χ2v) is 3.52. The molecule has 0 aliphatic rings. The van der Waals surface area contributed by atoms with E-state index in [9.17, 15) is 0 Å². The largest absolute Gasteiger partial charge is 0.497 e. The van der Waals surface area contributed by atoms with Gasteiger partial charge in [-0.25, -0.2) is 0 Å². The minimum Gasteiger partial charge on any atom is -0.497 e. The molecule has 2 N–H and O–H groups in total. The molecule has 1 aromatic heterocycles.